The quantitative estimate of drug-likeness (QED) is 0.905. The Kier molecular flexibility index (Phi) is 5.16. The molecule has 3 rings (SSSR count). The number of nitrogens with two attached hydrogens (primary N) is 1. The van der Waals surface area contributed by atoms with Gasteiger partial charge in [-0.3, -0.25) is 4.79 Å². The minimum absolute atomic E-state index is 0.0816. The van der Waals surface area contributed by atoms with Gasteiger partial charge in [-0.25, -0.2) is 4.98 Å². The molecule has 1 aliphatic rings. The summed E-state index contributed by atoms with van der Waals surface area (Å²) in [6.07, 6.45) is 0.992. The van der Waals surface area contributed by atoms with Crippen molar-refractivity contribution in [1.29, 1.82) is 0 Å². The lowest BCUT2D eigenvalue weighted by atomic mass is 10.1. The summed E-state index contributed by atoms with van der Waals surface area (Å²) in [5.41, 5.74) is 7.52. The Morgan fingerprint density at radius 2 is 2.17 bits per heavy atom. The van der Waals surface area contributed by atoms with E-state index in [9.17, 15) is 4.79 Å². The molecule has 0 bridgehead atoms. The predicted molar refractivity (Wildman–Crippen MR) is 96.5 cm³/mol. The smallest absolute Gasteiger partial charge is 0.265 e. The Bertz CT molecular complexity index is 712. The Morgan fingerprint density at radius 1 is 1.42 bits per heavy atom. The average Bonchev–Trinajstić information content (AvgIpc) is 3.22. The van der Waals surface area contributed by atoms with Crippen LogP contribution in [0.3, 0.4) is 0 Å². The van der Waals surface area contributed by atoms with Crippen LogP contribution in [0.2, 0.25) is 0 Å². The van der Waals surface area contributed by atoms with Gasteiger partial charge >= 0.3 is 0 Å². The number of benzene rings is 1. The minimum Gasteiger partial charge on any atom is -0.494 e. The van der Waals surface area contributed by atoms with Crippen molar-refractivity contribution in [2.75, 3.05) is 26.2 Å². The fraction of sp³-hybridized carbons (Fsp3) is 0.444. The molecule has 0 spiro atoms. The first-order chi connectivity index (χ1) is 11.6. The van der Waals surface area contributed by atoms with Crippen LogP contribution in [0.15, 0.2) is 24.3 Å². The molecule has 1 aromatic heterocycles. The van der Waals surface area contributed by atoms with Crippen molar-refractivity contribution in [3.05, 3.63) is 34.8 Å². The summed E-state index contributed by atoms with van der Waals surface area (Å²) in [4.78, 5) is 20.0. The second-order valence-electron chi connectivity index (χ2n) is 6.03. The summed E-state index contributed by atoms with van der Waals surface area (Å²) in [6.45, 7) is 6.69. The van der Waals surface area contributed by atoms with Crippen LogP contribution >= 0.6 is 11.3 Å². The molecule has 1 fully saturated rings. The Hall–Kier alpha value is -1.92. The van der Waals surface area contributed by atoms with E-state index in [1.807, 2.05) is 43.0 Å². The van der Waals surface area contributed by atoms with Gasteiger partial charge in [0.1, 0.15) is 15.6 Å². The van der Waals surface area contributed by atoms with Crippen LogP contribution in [-0.2, 0) is 0 Å². The van der Waals surface area contributed by atoms with Gasteiger partial charge in [0.05, 0.1) is 12.3 Å². The van der Waals surface area contributed by atoms with Crippen molar-refractivity contribution in [3.8, 4) is 16.3 Å². The maximum Gasteiger partial charge on any atom is 0.265 e. The van der Waals surface area contributed by atoms with E-state index in [2.05, 4.69) is 4.98 Å². The number of hydrogen-bond acceptors (Lipinski definition) is 5. The van der Waals surface area contributed by atoms with E-state index in [1.54, 1.807) is 0 Å². The lowest BCUT2D eigenvalue weighted by Crippen LogP contribution is -2.29. The number of thiazole rings is 1. The third-order valence-electron chi connectivity index (χ3n) is 4.31. The van der Waals surface area contributed by atoms with E-state index in [-0.39, 0.29) is 5.91 Å². The molecule has 6 heteroatoms. The van der Waals surface area contributed by atoms with Crippen LogP contribution in [0, 0.1) is 12.8 Å². The van der Waals surface area contributed by atoms with Gasteiger partial charge in [0.2, 0.25) is 0 Å². The molecular formula is C18H23N3O2S. The zero-order valence-corrected chi connectivity index (χ0v) is 14.9. The van der Waals surface area contributed by atoms with Crippen LogP contribution in [0.5, 0.6) is 5.75 Å². The molecule has 2 N–H and O–H groups in total. The summed E-state index contributed by atoms with van der Waals surface area (Å²) in [7, 11) is 0. The van der Waals surface area contributed by atoms with Crippen molar-refractivity contribution < 1.29 is 9.53 Å². The molecule has 24 heavy (non-hydrogen) atoms. The van der Waals surface area contributed by atoms with Crippen molar-refractivity contribution >= 4 is 17.2 Å². The normalized spacial score (nSPS) is 17.3. The number of hydrogen-bond donors (Lipinski definition) is 1. The summed E-state index contributed by atoms with van der Waals surface area (Å²) in [6, 6.07) is 7.84. The first-order valence-electron chi connectivity index (χ1n) is 8.32. The van der Waals surface area contributed by atoms with Gasteiger partial charge in [0.25, 0.3) is 5.91 Å². The van der Waals surface area contributed by atoms with Gasteiger partial charge in [-0.05, 0) is 57.0 Å². The molecule has 5 nitrogen and oxygen atoms in total. The number of ether oxygens (including phenoxy) is 1. The molecule has 1 atom stereocenters. The van der Waals surface area contributed by atoms with Gasteiger partial charge in [-0.1, -0.05) is 0 Å². The molecule has 1 aliphatic heterocycles. The molecule has 128 valence electrons. The zero-order chi connectivity index (χ0) is 17.1. The fourth-order valence-corrected chi connectivity index (χ4v) is 3.97. The highest BCUT2D eigenvalue weighted by molar-refractivity contribution is 7.17. The Morgan fingerprint density at radius 3 is 2.79 bits per heavy atom. The largest absolute Gasteiger partial charge is 0.494 e. The Labute approximate surface area is 146 Å². The van der Waals surface area contributed by atoms with Gasteiger partial charge in [0.15, 0.2) is 0 Å². The van der Waals surface area contributed by atoms with Crippen molar-refractivity contribution in [2.45, 2.75) is 20.3 Å². The number of nitrogens with zero attached hydrogens (tertiary/aromatic N) is 2. The third-order valence-corrected chi connectivity index (χ3v) is 5.50. The minimum atomic E-state index is 0.0816. The van der Waals surface area contributed by atoms with Gasteiger partial charge in [-0.2, -0.15) is 0 Å². The highest BCUT2D eigenvalue weighted by Crippen LogP contribution is 2.31. The summed E-state index contributed by atoms with van der Waals surface area (Å²) < 4.78 is 5.46. The maximum absolute atomic E-state index is 12.7. The van der Waals surface area contributed by atoms with E-state index in [0.717, 1.165) is 46.4 Å². The lowest BCUT2D eigenvalue weighted by Gasteiger charge is -2.15. The molecular weight excluding hydrogens is 322 g/mol. The molecule has 1 unspecified atom stereocenters. The maximum atomic E-state index is 12.7. The van der Waals surface area contributed by atoms with Crippen molar-refractivity contribution in [2.24, 2.45) is 11.7 Å². The number of aryl methyl sites for hydroxylation is 1. The van der Waals surface area contributed by atoms with Crippen LogP contribution in [0.4, 0.5) is 0 Å². The highest BCUT2D eigenvalue weighted by Gasteiger charge is 2.28. The summed E-state index contributed by atoms with van der Waals surface area (Å²) in [5, 5.41) is 0.869. The number of amides is 1. The Balaban J connectivity index is 1.78. The molecule has 0 radical (unpaired) electrons. The van der Waals surface area contributed by atoms with Crippen LogP contribution in [-0.4, -0.2) is 42.0 Å². The van der Waals surface area contributed by atoms with Crippen LogP contribution in [0.25, 0.3) is 10.6 Å². The molecule has 2 aromatic rings. The fourth-order valence-electron chi connectivity index (χ4n) is 2.93. The highest BCUT2D eigenvalue weighted by atomic mass is 32.1. The molecule has 0 saturated carbocycles. The molecule has 1 aromatic carbocycles. The third kappa shape index (κ3) is 3.44. The van der Waals surface area contributed by atoms with Crippen molar-refractivity contribution in [3.63, 3.8) is 0 Å². The van der Waals surface area contributed by atoms with Gasteiger partial charge in [-0.15, -0.1) is 11.3 Å². The van der Waals surface area contributed by atoms with E-state index >= 15 is 0 Å². The summed E-state index contributed by atoms with van der Waals surface area (Å²) >= 11 is 1.46. The molecule has 2 heterocycles. The monoisotopic (exact) mass is 345 g/mol. The topological polar surface area (TPSA) is 68.5 Å². The van der Waals surface area contributed by atoms with E-state index in [1.165, 1.54) is 11.3 Å². The molecule has 0 aliphatic carbocycles. The van der Waals surface area contributed by atoms with Gasteiger partial charge < -0.3 is 15.4 Å². The number of carbonyl (C=O) groups excluding carboxylic acids is 1. The number of carbonyl (C=O) groups is 1. The number of likely N-dealkylation sites (tertiary alicyclic amines) is 1. The lowest BCUT2D eigenvalue weighted by molar-refractivity contribution is 0.0791. The zero-order valence-electron chi connectivity index (χ0n) is 14.1. The SMILES string of the molecule is CCOc1ccc(-c2nc(C)c(C(=O)N3CCC(CN)C3)s2)cc1. The second kappa shape index (κ2) is 7.32. The standard InChI is InChI=1S/C18H23N3O2S/c1-3-23-15-6-4-14(5-7-15)17-20-12(2)16(24-17)18(22)21-9-8-13(10-19)11-21/h4-7,13H,3,8-11,19H2,1-2H3. The van der Waals surface area contributed by atoms with Crippen LogP contribution in [0.1, 0.15) is 28.7 Å². The number of rotatable bonds is 5. The van der Waals surface area contributed by atoms with Crippen molar-refractivity contribution in [1.82, 2.24) is 9.88 Å². The van der Waals surface area contributed by atoms with E-state index < -0.39 is 0 Å². The second-order valence-corrected chi connectivity index (χ2v) is 7.03. The average molecular weight is 345 g/mol. The van der Waals surface area contributed by atoms with E-state index in [4.69, 9.17) is 10.5 Å². The van der Waals surface area contributed by atoms with E-state index in [0.29, 0.717) is 19.1 Å². The predicted octanol–water partition coefficient (Wildman–Crippen LogP) is 2.94. The molecule has 1 amide bonds. The number of aromatic nitrogens is 1. The van der Waals surface area contributed by atoms with Crippen LogP contribution < -0.4 is 10.5 Å². The summed E-state index contributed by atoms with van der Waals surface area (Å²) in [5.74, 6) is 1.35. The first-order valence-corrected chi connectivity index (χ1v) is 9.14. The van der Waals surface area contributed by atoms with Gasteiger partial charge in [0, 0.05) is 18.7 Å². The first kappa shape index (κ1) is 16.9. The molecule has 1 saturated heterocycles.